The molecule has 0 saturated carbocycles. The zero-order valence-corrected chi connectivity index (χ0v) is 20.7. The maximum atomic E-state index is 12.3. The van der Waals surface area contributed by atoms with E-state index >= 15 is 0 Å². The van der Waals surface area contributed by atoms with Crippen molar-refractivity contribution in [1.82, 2.24) is 9.55 Å². The van der Waals surface area contributed by atoms with Crippen LogP contribution in [0.2, 0.25) is 5.04 Å². The number of ether oxygens (including phenoxy) is 1. The van der Waals surface area contributed by atoms with Gasteiger partial charge >= 0.3 is 5.69 Å². The third-order valence-electron chi connectivity index (χ3n) is 6.44. The Kier molecular flexibility index (Phi) is 6.56. The number of nitrogens with zero attached hydrogens (tertiary/aromatic N) is 1. The average molecular weight is 465 g/mol. The fourth-order valence-electron chi connectivity index (χ4n) is 4.79. The second kappa shape index (κ2) is 9.25. The zero-order valence-electron chi connectivity index (χ0n) is 19.7. The molecule has 0 spiro atoms. The van der Waals surface area contributed by atoms with E-state index in [4.69, 9.17) is 9.16 Å². The highest BCUT2D eigenvalue weighted by molar-refractivity contribution is 6.99. The van der Waals surface area contributed by atoms with Crippen LogP contribution < -0.4 is 21.6 Å². The maximum absolute atomic E-state index is 12.3. The summed E-state index contributed by atoms with van der Waals surface area (Å²) in [5.41, 5.74) is -0.310. The molecule has 174 valence electrons. The normalized spacial score (nSPS) is 19.0. The minimum atomic E-state index is -2.64. The van der Waals surface area contributed by atoms with Crippen molar-refractivity contribution in [2.75, 3.05) is 6.61 Å². The number of aromatic nitrogens is 2. The molecule has 6 nitrogen and oxygen atoms in total. The van der Waals surface area contributed by atoms with Crippen LogP contribution in [-0.4, -0.2) is 30.6 Å². The SMILES string of the molecule is Cc1cn([C@H]2CC[C@H](CO[Si](c3ccccc3)(c3ccccc3)C(C)(C)C)O2)c(=O)[nH]c1=O. The van der Waals surface area contributed by atoms with Gasteiger partial charge in [0.25, 0.3) is 13.9 Å². The second-order valence-electron chi connectivity index (χ2n) is 9.74. The van der Waals surface area contributed by atoms with E-state index in [9.17, 15) is 9.59 Å². The van der Waals surface area contributed by atoms with Gasteiger partial charge in [0.05, 0.1) is 12.7 Å². The van der Waals surface area contributed by atoms with Gasteiger partial charge in [-0.1, -0.05) is 81.4 Å². The van der Waals surface area contributed by atoms with E-state index in [2.05, 4.69) is 74.3 Å². The van der Waals surface area contributed by atoms with Crippen molar-refractivity contribution in [2.45, 2.75) is 57.9 Å². The summed E-state index contributed by atoms with van der Waals surface area (Å²) in [6.45, 7) is 8.88. The zero-order chi connectivity index (χ0) is 23.6. The molecule has 1 N–H and O–H groups in total. The van der Waals surface area contributed by atoms with Crippen LogP contribution in [0.15, 0.2) is 76.4 Å². The van der Waals surface area contributed by atoms with Gasteiger partial charge in [-0.2, -0.15) is 0 Å². The predicted molar refractivity (Wildman–Crippen MR) is 133 cm³/mol. The van der Waals surface area contributed by atoms with Crippen LogP contribution in [0.1, 0.15) is 45.4 Å². The molecule has 4 rings (SSSR count). The molecular formula is C26H32N2O4Si. The topological polar surface area (TPSA) is 73.3 Å². The van der Waals surface area contributed by atoms with Crippen LogP contribution in [0.5, 0.6) is 0 Å². The number of aromatic amines is 1. The van der Waals surface area contributed by atoms with E-state index < -0.39 is 20.2 Å². The van der Waals surface area contributed by atoms with Gasteiger partial charge in [0.15, 0.2) is 0 Å². The first kappa shape index (κ1) is 23.4. The number of H-pyrrole nitrogens is 1. The van der Waals surface area contributed by atoms with Crippen molar-refractivity contribution in [2.24, 2.45) is 0 Å². The Labute approximate surface area is 195 Å². The van der Waals surface area contributed by atoms with Gasteiger partial charge in [-0.3, -0.25) is 14.3 Å². The molecule has 2 atom stereocenters. The number of hydrogen-bond donors (Lipinski definition) is 1. The number of nitrogens with one attached hydrogen (secondary N) is 1. The summed E-state index contributed by atoms with van der Waals surface area (Å²) in [5.74, 6) is 0. The Bertz CT molecular complexity index is 1160. The molecule has 0 bridgehead atoms. The molecule has 2 heterocycles. The minimum Gasteiger partial charge on any atom is -0.405 e. The Morgan fingerprint density at radius 2 is 1.58 bits per heavy atom. The quantitative estimate of drug-likeness (QED) is 0.569. The van der Waals surface area contributed by atoms with Gasteiger partial charge in [-0.15, -0.1) is 0 Å². The molecule has 0 amide bonds. The molecule has 1 aliphatic heterocycles. The molecule has 1 fully saturated rings. The molecule has 33 heavy (non-hydrogen) atoms. The van der Waals surface area contributed by atoms with Crippen molar-refractivity contribution < 1.29 is 9.16 Å². The van der Waals surface area contributed by atoms with Crippen LogP contribution in [-0.2, 0) is 9.16 Å². The molecule has 0 radical (unpaired) electrons. The first-order valence-electron chi connectivity index (χ1n) is 11.4. The van der Waals surface area contributed by atoms with Gasteiger partial charge in [0.2, 0.25) is 0 Å². The number of benzene rings is 2. The van der Waals surface area contributed by atoms with Crippen molar-refractivity contribution in [1.29, 1.82) is 0 Å². The Morgan fingerprint density at radius 1 is 1.00 bits per heavy atom. The van der Waals surface area contributed by atoms with Crippen molar-refractivity contribution >= 4 is 18.7 Å². The number of rotatable bonds is 6. The highest BCUT2D eigenvalue weighted by Crippen LogP contribution is 2.37. The first-order chi connectivity index (χ1) is 15.7. The molecule has 3 aromatic rings. The summed E-state index contributed by atoms with van der Waals surface area (Å²) in [7, 11) is -2.64. The Hall–Kier alpha value is -2.74. The summed E-state index contributed by atoms with van der Waals surface area (Å²) < 4.78 is 14.7. The van der Waals surface area contributed by atoms with Gasteiger partial charge < -0.3 is 9.16 Å². The van der Waals surface area contributed by atoms with Crippen LogP contribution in [0.3, 0.4) is 0 Å². The fourth-order valence-corrected chi connectivity index (χ4v) is 9.38. The van der Waals surface area contributed by atoms with Crippen molar-refractivity contribution in [3.05, 3.63) is 93.3 Å². The van der Waals surface area contributed by atoms with Crippen LogP contribution in [0.25, 0.3) is 0 Å². The van der Waals surface area contributed by atoms with Gasteiger partial charge in [-0.05, 0) is 35.2 Å². The van der Waals surface area contributed by atoms with E-state index in [0.29, 0.717) is 18.6 Å². The summed E-state index contributed by atoms with van der Waals surface area (Å²) in [6, 6.07) is 21.0. The Morgan fingerprint density at radius 3 is 2.12 bits per heavy atom. The smallest absolute Gasteiger partial charge is 0.330 e. The average Bonchev–Trinajstić information content (AvgIpc) is 3.26. The molecule has 1 aromatic heterocycles. The van der Waals surface area contributed by atoms with E-state index in [1.165, 1.54) is 14.9 Å². The standard InChI is InChI=1S/C26H32N2O4Si/c1-19-17-28(25(30)27-24(19)29)23-16-15-20(32-23)18-31-33(26(2,3)4,21-11-7-5-8-12-21)22-13-9-6-10-14-22/h5-14,17,20,23H,15-16,18H2,1-4H3,(H,27,29,30)/t20-,23-/m1/s1. The third-order valence-corrected chi connectivity index (χ3v) is 11.4. The van der Waals surface area contributed by atoms with Gasteiger partial charge in [0, 0.05) is 11.8 Å². The highest BCUT2D eigenvalue weighted by Gasteiger charge is 2.50. The number of aryl methyl sites for hydroxylation is 1. The summed E-state index contributed by atoms with van der Waals surface area (Å²) in [5, 5.41) is 2.34. The van der Waals surface area contributed by atoms with Gasteiger partial charge in [0.1, 0.15) is 6.23 Å². The molecular weight excluding hydrogens is 432 g/mol. The molecule has 1 aliphatic rings. The lowest BCUT2D eigenvalue weighted by atomic mass is 10.2. The lowest BCUT2D eigenvalue weighted by Crippen LogP contribution is -2.67. The number of hydrogen-bond acceptors (Lipinski definition) is 4. The van der Waals surface area contributed by atoms with Crippen LogP contribution in [0, 0.1) is 6.92 Å². The Balaban J connectivity index is 1.62. The second-order valence-corrected chi connectivity index (χ2v) is 14.0. The van der Waals surface area contributed by atoms with Crippen molar-refractivity contribution in [3.8, 4) is 0 Å². The monoisotopic (exact) mass is 464 g/mol. The minimum absolute atomic E-state index is 0.110. The van der Waals surface area contributed by atoms with E-state index in [0.717, 1.165) is 6.42 Å². The van der Waals surface area contributed by atoms with Gasteiger partial charge in [-0.25, -0.2) is 4.79 Å². The van der Waals surface area contributed by atoms with Crippen LogP contribution in [0.4, 0.5) is 0 Å². The third kappa shape index (κ3) is 4.53. The molecule has 0 aliphatic carbocycles. The summed E-state index contributed by atoms with van der Waals surface area (Å²) in [6.07, 6.45) is 2.53. The van der Waals surface area contributed by atoms with E-state index in [1.807, 2.05) is 12.1 Å². The molecule has 2 aromatic carbocycles. The maximum Gasteiger partial charge on any atom is 0.330 e. The summed E-state index contributed by atoms with van der Waals surface area (Å²) >= 11 is 0. The highest BCUT2D eigenvalue weighted by atomic mass is 28.4. The lowest BCUT2D eigenvalue weighted by Gasteiger charge is -2.43. The predicted octanol–water partition coefficient (Wildman–Crippen LogP) is 3.10. The lowest BCUT2D eigenvalue weighted by molar-refractivity contribution is -0.0216. The van der Waals surface area contributed by atoms with Crippen LogP contribution >= 0.6 is 0 Å². The molecule has 0 unspecified atom stereocenters. The first-order valence-corrected chi connectivity index (χ1v) is 13.4. The molecule has 1 saturated heterocycles. The van der Waals surface area contributed by atoms with E-state index in [1.54, 1.807) is 13.1 Å². The largest absolute Gasteiger partial charge is 0.405 e. The summed E-state index contributed by atoms with van der Waals surface area (Å²) in [4.78, 5) is 26.4. The fraction of sp³-hybridized carbons (Fsp3) is 0.385. The van der Waals surface area contributed by atoms with E-state index in [-0.39, 0.29) is 16.7 Å². The molecule has 7 heteroatoms. The van der Waals surface area contributed by atoms with Crippen molar-refractivity contribution in [3.63, 3.8) is 0 Å².